The second-order valence-corrected chi connectivity index (χ2v) is 4.98. The highest BCUT2D eigenvalue weighted by molar-refractivity contribution is 6.31. The van der Waals surface area contributed by atoms with Crippen LogP contribution in [0.15, 0.2) is 48.5 Å². The molecule has 2 atom stereocenters. The summed E-state index contributed by atoms with van der Waals surface area (Å²) in [6.07, 6.45) is -0.295. The summed E-state index contributed by atoms with van der Waals surface area (Å²) in [6.45, 7) is -0.172. The lowest BCUT2D eigenvalue weighted by Crippen LogP contribution is -2.15. The zero-order chi connectivity index (χ0) is 13.5. The van der Waals surface area contributed by atoms with Gasteiger partial charge in [-0.2, -0.15) is 0 Å². The van der Waals surface area contributed by atoms with Crippen molar-refractivity contribution in [2.75, 3.05) is 6.61 Å². The second kappa shape index (κ2) is 4.60. The lowest BCUT2D eigenvalue weighted by Gasteiger charge is -2.10. The van der Waals surface area contributed by atoms with Crippen molar-refractivity contribution in [1.82, 2.24) is 0 Å². The van der Waals surface area contributed by atoms with Crippen molar-refractivity contribution in [2.45, 2.75) is 11.7 Å². The Hall–Kier alpha value is -1.42. The average molecular weight is 281 g/mol. The van der Waals surface area contributed by atoms with E-state index >= 15 is 0 Å². The monoisotopic (exact) mass is 280 g/mol. The maximum absolute atomic E-state index is 13.0. The number of ether oxygens (including phenoxy) is 1. The molecule has 19 heavy (non-hydrogen) atoms. The first-order chi connectivity index (χ1) is 9.17. The van der Waals surface area contributed by atoms with Crippen molar-refractivity contribution >= 4 is 11.6 Å². The van der Waals surface area contributed by atoms with Gasteiger partial charge in [-0.15, -0.1) is 0 Å². The van der Waals surface area contributed by atoms with Crippen LogP contribution in [0.2, 0.25) is 5.02 Å². The number of hydrogen-bond donors (Lipinski definition) is 1. The average Bonchev–Trinajstić information content (AvgIpc) is 3.16. The summed E-state index contributed by atoms with van der Waals surface area (Å²) in [5.74, 6) is -0.313. The Kier molecular flexibility index (Phi) is 3.05. The van der Waals surface area contributed by atoms with Gasteiger partial charge in [0.25, 0.3) is 0 Å². The van der Waals surface area contributed by atoms with Gasteiger partial charge in [-0.05, 0) is 23.8 Å². The van der Waals surface area contributed by atoms with Crippen LogP contribution in [-0.2, 0) is 10.3 Å². The second-order valence-electron chi connectivity index (χ2n) is 4.57. The Morgan fingerprint density at radius 2 is 1.84 bits per heavy atom. The van der Waals surface area contributed by atoms with Crippen molar-refractivity contribution in [3.63, 3.8) is 0 Å². The molecule has 0 unspecified atom stereocenters. The molecule has 98 valence electrons. The van der Waals surface area contributed by atoms with E-state index in [2.05, 4.69) is 0 Å². The molecular weight excluding hydrogens is 269 g/mol. The zero-order valence-corrected chi connectivity index (χ0v) is 10.8. The Morgan fingerprint density at radius 1 is 1.16 bits per heavy atom. The molecule has 0 spiro atoms. The summed E-state index contributed by atoms with van der Waals surface area (Å²) in [6, 6.07) is 13.3. The Morgan fingerprint density at radius 3 is 2.47 bits per heavy atom. The van der Waals surface area contributed by atoms with Crippen molar-refractivity contribution < 1.29 is 14.2 Å². The molecule has 0 saturated carbocycles. The first kappa shape index (κ1) is 12.6. The van der Waals surface area contributed by atoms with E-state index in [0.29, 0.717) is 5.02 Å². The van der Waals surface area contributed by atoms with Crippen molar-refractivity contribution in [1.29, 1.82) is 0 Å². The van der Waals surface area contributed by atoms with E-state index < -0.39 is 5.60 Å². The molecule has 1 heterocycles. The summed E-state index contributed by atoms with van der Waals surface area (Å²) in [5.41, 5.74) is 0.780. The summed E-state index contributed by atoms with van der Waals surface area (Å²) in [5, 5.41) is 10.2. The molecule has 0 amide bonds. The number of aliphatic hydroxyl groups excluding tert-OH is 1. The molecule has 0 bridgehead atoms. The van der Waals surface area contributed by atoms with Crippen LogP contribution >= 0.6 is 11.6 Å². The molecule has 4 heteroatoms. The first-order valence-electron chi connectivity index (χ1n) is 5.96. The summed E-state index contributed by atoms with van der Waals surface area (Å²) in [4.78, 5) is 0. The van der Waals surface area contributed by atoms with Crippen LogP contribution in [0.25, 0.3) is 0 Å². The third-order valence-electron chi connectivity index (χ3n) is 3.45. The molecule has 2 aromatic rings. The summed E-state index contributed by atoms with van der Waals surface area (Å²) in [7, 11) is 0. The van der Waals surface area contributed by atoms with E-state index in [1.54, 1.807) is 18.2 Å². The number of epoxide rings is 1. The van der Waals surface area contributed by atoms with Gasteiger partial charge >= 0.3 is 0 Å². The van der Waals surface area contributed by atoms with Gasteiger partial charge in [0, 0.05) is 10.6 Å². The number of rotatable bonds is 3. The first-order valence-corrected chi connectivity index (χ1v) is 6.34. The Labute approximate surface area is 115 Å². The SMILES string of the molecule is OC[14C@]1(c2ccc(F)cc2)O[C@@H]1c1ccccc1Cl. The minimum Gasteiger partial charge on any atom is -0.393 e. The minimum atomic E-state index is -0.807. The molecule has 1 saturated heterocycles. The predicted molar refractivity (Wildman–Crippen MR) is 70.4 cm³/mol. The minimum absolute atomic E-state index is 0.172. The molecule has 3 rings (SSSR count). The van der Waals surface area contributed by atoms with Crippen LogP contribution in [0.3, 0.4) is 0 Å². The fraction of sp³-hybridized carbons (Fsp3) is 0.200. The van der Waals surface area contributed by atoms with Gasteiger partial charge in [0.15, 0.2) is 0 Å². The number of halogens is 2. The maximum Gasteiger partial charge on any atom is 0.147 e. The molecular formula is C15H12ClFO2. The quantitative estimate of drug-likeness (QED) is 0.874. The van der Waals surface area contributed by atoms with E-state index in [0.717, 1.165) is 11.1 Å². The molecule has 1 aliphatic heterocycles. The fourth-order valence-electron chi connectivity index (χ4n) is 2.34. The Bertz CT molecular complexity index is 599. The van der Waals surface area contributed by atoms with Gasteiger partial charge < -0.3 is 9.84 Å². The standard InChI is InChI=1S/C15H12ClFO2/c16-13-4-2-1-3-12(13)14-15(9-18,19-14)10-5-7-11(17)8-6-10/h1-8,14,18H,9H2/t14-,15-/m1/s1/i15+2. The molecule has 1 fully saturated rings. The number of hydrogen-bond acceptors (Lipinski definition) is 2. The molecule has 1 N–H and O–H groups in total. The van der Waals surface area contributed by atoms with Crippen LogP contribution in [0.5, 0.6) is 0 Å². The highest BCUT2D eigenvalue weighted by atomic mass is 35.5. The third kappa shape index (κ3) is 2.04. The molecule has 0 aromatic heterocycles. The van der Waals surface area contributed by atoms with Crippen LogP contribution in [0.1, 0.15) is 17.2 Å². The topological polar surface area (TPSA) is 32.8 Å². The molecule has 2 nitrogen and oxygen atoms in total. The zero-order valence-electron chi connectivity index (χ0n) is 10.0. The summed E-state index contributed by atoms with van der Waals surface area (Å²) < 4.78 is 18.6. The smallest absolute Gasteiger partial charge is 0.147 e. The number of benzene rings is 2. The third-order valence-corrected chi connectivity index (χ3v) is 3.79. The lowest BCUT2D eigenvalue weighted by molar-refractivity contribution is 0.172. The van der Waals surface area contributed by atoms with Gasteiger partial charge in [-0.3, -0.25) is 0 Å². The van der Waals surface area contributed by atoms with Gasteiger partial charge in [-0.25, -0.2) is 4.39 Å². The highest BCUT2D eigenvalue weighted by Gasteiger charge is 2.58. The highest BCUT2D eigenvalue weighted by Crippen LogP contribution is 2.57. The van der Waals surface area contributed by atoms with E-state index in [4.69, 9.17) is 16.3 Å². The fourth-order valence-corrected chi connectivity index (χ4v) is 2.58. The van der Waals surface area contributed by atoms with Gasteiger partial charge in [-0.1, -0.05) is 41.9 Å². The van der Waals surface area contributed by atoms with E-state index in [1.165, 1.54) is 12.1 Å². The normalized spacial score (nSPS) is 25.3. The molecule has 0 aliphatic carbocycles. The Balaban J connectivity index is 1.96. The van der Waals surface area contributed by atoms with Crippen molar-refractivity contribution in [2.24, 2.45) is 0 Å². The van der Waals surface area contributed by atoms with Crippen molar-refractivity contribution in [3.05, 3.63) is 70.5 Å². The van der Waals surface area contributed by atoms with E-state index in [-0.39, 0.29) is 18.5 Å². The van der Waals surface area contributed by atoms with Gasteiger partial charge in [0.2, 0.25) is 0 Å². The van der Waals surface area contributed by atoms with Crippen molar-refractivity contribution in [3.8, 4) is 0 Å². The van der Waals surface area contributed by atoms with Crippen LogP contribution in [0, 0.1) is 5.82 Å². The predicted octanol–water partition coefficient (Wildman–Crippen LogP) is 3.44. The molecule has 0 radical (unpaired) electrons. The van der Waals surface area contributed by atoms with Crippen LogP contribution < -0.4 is 0 Å². The van der Waals surface area contributed by atoms with Crippen LogP contribution in [0.4, 0.5) is 4.39 Å². The van der Waals surface area contributed by atoms with Gasteiger partial charge in [0.1, 0.15) is 17.5 Å². The van der Waals surface area contributed by atoms with Gasteiger partial charge in [0.05, 0.1) is 6.61 Å². The van der Waals surface area contributed by atoms with E-state index in [9.17, 15) is 9.50 Å². The van der Waals surface area contributed by atoms with E-state index in [1.807, 2.05) is 18.2 Å². The summed E-state index contributed by atoms with van der Waals surface area (Å²) >= 11 is 6.13. The molecule has 1 aliphatic rings. The molecule has 2 aromatic carbocycles. The van der Waals surface area contributed by atoms with Crippen LogP contribution in [-0.4, -0.2) is 11.7 Å². The largest absolute Gasteiger partial charge is 0.393 e. The lowest BCUT2D eigenvalue weighted by atomic mass is 10.2. The maximum atomic E-state index is 13.0. The number of aliphatic hydroxyl groups is 1.